The lowest BCUT2D eigenvalue weighted by molar-refractivity contribution is -0.142. The maximum absolute atomic E-state index is 13.7. The number of nitrogens with one attached hydrogen (secondary N) is 1. The summed E-state index contributed by atoms with van der Waals surface area (Å²) < 4.78 is 54.8. The Labute approximate surface area is 173 Å². The van der Waals surface area contributed by atoms with Crippen LogP contribution in [0.15, 0.2) is 48.5 Å². The van der Waals surface area contributed by atoms with Crippen LogP contribution in [-0.2, 0) is 6.18 Å². The molecular formula is C21H15F4N5O. The summed E-state index contributed by atoms with van der Waals surface area (Å²) in [5, 5.41) is 6.18. The number of carbonyl (C=O) groups excluding carboxylic acids is 1. The Morgan fingerprint density at radius 2 is 1.71 bits per heavy atom. The Balaban J connectivity index is 1.78. The number of hydrogen-bond donors (Lipinski definition) is 1. The van der Waals surface area contributed by atoms with E-state index < -0.39 is 29.4 Å². The molecule has 4 rings (SSSR count). The zero-order valence-electron chi connectivity index (χ0n) is 16.3. The minimum Gasteiger partial charge on any atom is -0.319 e. The van der Waals surface area contributed by atoms with Crippen molar-refractivity contribution in [3.05, 3.63) is 77.0 Å². The van der Waals surface area contributed by atoms with Crippen molar-refractivity contribution in [2.45, 2.75) is 20.0 Å². The van der Waals surface area contributed by atoms with Gasteiger partial charge in [-0.05, 0) is 43.7 Å². The Kier molecular flexibility index (Phi) is 4.92. The van der Waals surface area contributed by atoms with E-state index in [9.17, 15) is 22.4 Å². The lowest BCUT2D eigenvalue weighted by Crippen LogP contribution is -2.16. The third kappa shape index (κ3) is 4.09. The van der Waals surface area contributed by atoms with Crippen LogP contribution in [0.25, 0.3) is 17.0 Å². The third-order valence-corrected chi connectivity index (χ3v) is 4.59. The molecule has 31 heavy (non-hydrogen) atoms. The van der Waals surface area contributed by atoms with Gasteiger partial charge in [-0.3, -0.25) is 4.79 Å². The number of aromatic nitrogens is 4. The predicted molar refractivity (Wildman–Crippen MR) is 105 cm³/mol. The normalized spacial score (nSPS) is 11.7. The van der Waals surface area contributed by atoms with Crippen LogP contribution in [0.4, 0.5) is 23.2 Å². The van der Waals surface area contributed by atoms with Crippen molar-refractivity contribution in [1.82, 2.24) is 19.6 Å². The van der Waals surface area contributed by atoms with Gasteiger partial charge in [0.15, 0.2) is 5.69 Å². The monoisotopic (exact) mass is 429 g/mol. The quantitative estimate of drug-likeness (QED) is 0.474. The highest BCUT2D eigenvalue weighted by atomic mass is 19.4. The molecule has 0 unspecified atom stereocenters. The average Bonchev–Trinajstić information content (AvgIpc) is 3.13. The van der Waals surface area contributed by atoms with E-state index in [-0.39, 0.29) is 17.2 Å². The highest BCUT2D eigenvalue weighted by Gasteiger charge is 2.36. The zero-order chi connectivity index (χ0) is 22.3. The van der Waals surface area contributed by atoms with E-state index in [0.717, 1.165) is 17.7 Å². The molecule has 6 nitrogen and oxygen atoms in total. The largest absolute Gasteiger partial charge is 0.433 e. The van der Waals surface area contributed by atoms with E-state index >= 15 is 0 Å². The van der Waals surface area contributed by atoms with E-state index in [0.29, 0.717) is 15.6 Å². The highest BCUT2D eigenvalue weighted by molar-refractivity contribution is 6.02. The lowest BCUT2D eigenvalue weighted by Gasteiger charge is -2.10. The molecule has 0 atom stereocenters. The van der Waals surface area contributed by atoms with Gasteiger partial charge in [-0.15, -0.1) is 5.10 Å². The number of nitrogens with zero attached hydrogens (tertiary/aromatic N) is 4. The molecule has 2 aromatic carbocycles. The van der Waals surface area contributed by atoms with E-state index in [2.05, 4.69) is 20.4 Å². The first-order chi connectivity index (χ1) is 14.6. The number of rotatable bonds is 3. The summed E-state index contributed by atoms with van der Waals surface area (Å²) in [6.45, 7) is 3.43. The molecule has 0 spiro atoms. The second-order valence-electron chi connectivity index (χ2n) is 6.95. The average molecular weight is 429 g/mol. The fraction of sp³-hybridized carbons (Fsp3) is 0.143. The molecule has 158 valence electrons. The zero-order valence-corrected chi connectivity index (χ0v) is 16.3. The summed E-state index contributed by atoms with van der Waals surface area (Å²) in [7, 11) is 0. The molecule has 2 heterocycles. The molecule has 0 aliphatic heterocycles. The first-order valence-corrected chi connectivity index (χ1v) is 9.11. The van der Waals surface area contributed by atoms with Crippen molar-refractivity contribution in [3.63, 3.8) is 0 Å². The van der Waals surface area contributed by atoms with Crippen LogP contribution in [-0.4, -0.2) is 25.5 Å². The van der Waals surface area contributed by atoms with Crippen molar-refractivity contribution < 1.29 is 22.4 Å². The van der Waals surface area contributed by atoms with Gasteiger partial charge in [0.1, 0.15) is 5.82 Å². The molecule has 0 radical (unpaired) electrons. The van der Waals surface area contributed by atoms with Gasteiger partial charge in [-0.25, -0.2) is 9.37 Å². The summed E-state index contributed by atoms with van der Waals surface area (Å²) in [5.41, 5.74) is 1.07. The Morgan fingerprint density at radius 1 is 1.00 bits per heavy atom. The minimum absolute atomic E-state index is 0.0496. The van der Waals surface area contributed by atoms with Crippen LogP contribution >= 0.6 is 0 Å². The predicted octanol–water partition coefficient (Wildman–Crippen LogP) is 4.82. The fourth-order valence-electron chi connectivity index (χ4n) is 2.98. The second kappa shape index (κ2) is 7.46. The molecule has 4 aromatic rings. The van der Waals surface area contributed by atoms with Crippen molar-refractivity contribution in [2.24, 2.45) is 0 Å². The van der Waals surface area contributed by atoms with Crippen LogP contribution in [0.3, 0.4) is 0 Å². The first-order valence-electron chi connectivity index (χ1n) is 9.11. The molecule has 1 amide bonds. The molecule has 2 aromatic heterocycles. The standard InChI is InChI=1S/C21H15F4N5O/c1-11-3-5-13(6-4-11)16-10-17(21(23,24)25)30-20(27-16)28-18(29-30)19(31)26-15-8-7-14(22)9-12(15)2/h3-10H,1-2H3,(H,26,31). The van der Waals surface area contributed by atoms with Crippen LogP contribution in [0, 0.1) is 19.7 Å². The molecular weight excluding hydrogens is 414 g/mol. The molecule has 1 N–H and O–H groups in total. The lowest BCUT2D eigenvalue weighted by atomic mass is 10.1. The summed E-state index contributed by atoms with van der Waals surface area (Å²) in [5.74, 6) is -2.19. The Hall–Kier alpha value is -3.82. The van der Waals surface area contributed by atoms with Gasteiger partial charge in [0.05, 0.1) is 5.69 Å². The van der Waals surface area contributed by atoms with Crippen molar-refractivity contribution in [1.29, 1.82) is 0 Å². The van der Waals surface area contributed by atoms with Crippen LogP contribution in [0.2, 0.25) is 0 Å². The van der Waals surface area contributed by atoms with E-state index in [1.165, 1.54) is 12.1 Å². The molecule has 0 aliphatic rings. The van der Waals surface area contributed by atoms with Crippen molar-refractivity contribution in [2.75, 3.05) is 5.32 Å². The smallest absolute Gasteiger partial charge is 0.319 e. The number of hydrogen-bond acceptors (Lipinski definition) is 4. The molecule has 0 bridgehead atoms. The summed E-state index contributed by atoms with van der Waals surface area (Å²) in [6.07, 6.45) is -4.75. The fourth-order valence-corrected chi connectivity index (χ4v) is 2.98. The summed E-state index contributed by atoms with van der Waals surface area (Å²) >= 11 is 0. The summed E-state index contributed by atoms with van der Waals surface area (Å²) in [4.78, 5) is 20.6. The van der Waals surface area contributed by atoms with Gasteiger partial charge < -0.3 is 5.32 Å². The number of anilines is 1. The molecule has 0 aliphatic carbocycles. The van der Waals surface area contributed by atoms with Gasteiger partial charge in [-0.1, -0.05) is 29.8 Å². The van der Waals surface area contributed by atoms with Crippen LogP contribution in [0.1, 0.15) is 27.4 Å². The van der Waals surface area contributed by atoms with E-state index in [1.54, 1.807) is 31.2 Å². The Bertz CT molecular complexity index is 1300. The van der Waals surface area contributed by atoms with E-state index in [1.807, 2.05) is 6.92 Å². The summed E-state index contributed by atoms with van der Waals surface area (Å²) in [6, 6.07) is 11.4. The molecule has 0 saturated carbocycles. The third-order valence-electron chi connectivity index (χ3n) is 4.59. The van der Waals surface area contributed by atoms with Crippen LogP contribution in [0.5, 0.6) is 0 Å². The van der Waals surface area contributed by atoms with Gasteiger partial charge in [-0.2, -0.15) is 22.7 Å². The van der Waals surface area contributed by atoms with Gasteiger partial charge >= 0.3 is 6.18 Å². The van der Waals surface area contributed by atoms with Gasteiger partial charge in [0.25, 0.3) is 11.7 Å². The number of halogens is 4. The first kappa shape index (κ1) is 20.5. The maximum atomic E-state index is 13.7. The van der Waals surface area contributed by atoms with E-state index in [4.69, 9.17) is 0 Å². The number of carbonyl (C=O) groups is 1. The highest BCUT2D eigenvalue weighted by Crippen LogP contribution is 2.32. The van der Waals surface area contributed by atoms with Crippen molar-refractivity contribution in [3.8, 4) is 11.3 Å². The SMILES string of the molecule is Cc1ccc(-c2cc(C(F)(F)F)n3nc(C(=O)Nc4ccc(F)cc4C)nc3n2)cc1. The van der Waals surface area contributed by atoms with Gasteiger partial charge in [0.2, 0.25) is 5.82 Å². The van der Waals surface area contributed by atoms with Crippen molar-refractivity contribution >= 4 is 17.4 Å². The number of aryl methyl sites for hydroxylation is 2. The second-order valence-corrected chi connectivity index (χ2v) is 6.95. The Morgan fingerprint density at radius 3 is 2.35 bits per heavy atom. The maximum Gasteiger partial charge on any atom is 0.433 e. The topological polar surface area (TPSA) is 72.2 Å². The number of benzene rings is 2. The molecule has 10 heteroatoms. The molecule has 0 saturated heterocycles. The van der Waals surface area contributed by atoms with Crippen LogP contribution < -0.4 is 5.32 Å². The number of alkyl halides is 3. The number of amides is 1. The minimum atomic E-state index is -4.75. The number of fused-ring (bicyclic) bond motifs is 1. The van der Waals surface area contributed by atoms with Gasteiger partial charge in [0, 0.05) is 11.3 Å². The molecule has 0 fully saturated rings.